The number of rotatable bonds is 6. The summed E-state index contributed by atoms with van der Waals surface area (Å²) in [4.78, 5) is 0. The van der Waals surface area contributed by atoms with E-state index in [4.69, 9.17) is 14.9 Å². The van der Waals surface area contributed by atoms with Crippen molar-refractivity contribution in [2.24, 2.45) is 5.73 Å². The molecule has 0 aliphatic rings. The van der Waals surface area contributed by atoms with Gasteiger partial charge >= 0.3 is 0 Å². The maximum atomic E-state index is 5.86. The molecule has 5 nitrogen and oxygen atoms in total. The number of hydrogen-bond donors (Lipinski definition) is 1. The van der Waals surface area contributed by atoms with E-state index in [1.165, 1.54) is 0 Å². The van der Waals surface area contributed by atoms with Crippen molar-refractivity contribution in [2.45, 2.75) is 39.3 Å². The first-order valence-corrected chi connectivity index (χ1v) is 7.36. The van der Waals surface area contributed by atoms with Gasteiger partial charge in [-0.05, 0) is 40.9 Å². The highest BCUT2D eigenvalue weighted by Gasteiger charge is 2.12. The minimum absolute atomic E-state index is 0.0711. The Labute approximate surface area is 126 Å². The zero-order valence-electron chi connectivity index (χ0n) is 11.6. The van der Waals surface area contributed by atoms with Crippen molar-refractivity contribution in [3.8, 4) is 5.75 Å². The van der Waals surface area contributed by atoms with E-state index in [-0.39, 0.29) is 12.6 Å². The maximum absolute atomic E-state index is 5.86. The van der Waals surface area contributed by atoms with Gasteiger partial charge in [0.05, 0.1) is 4.47 Å². The van der Waals surface area contributed by atoms with E-state index < -0.39 is 0 Å². The lowest BCUT2D eigenvalue weighted by Crippen LogP contribution is -2.18. The Morgan fingerprint density at radius 3 is 2.75 bits per heavy atom. The van der Waals surface area contributed by atoms with Crippen LogP contribution in [0.25, 0.3) is 0 Å². The molecule has 108 valence electrons. The van der Waals surface area contributed by atoms with Crippen molar-refractivity contribution in [1.82, 2.24) is 10.2 Å². The number of hydrogen-bond acceptors (Lipinski definition) is 5. The minimum Gasteiger partial charge on any atom is -0.482 e. The second-order valence-electron chi connectivity index (χ2n) is 4.64. The summed E-state index contributed by atoms with van der Waals surface area (Å²) in [5, 5.41) is 7.85. The molecule has 0 bridgehead atoms. The van der Waals surface area contributed by atoms with Crippen LogP contribution in [0.1, 0.15) is 31.2 Å². The van der Waals surface area contributed by atoms with Crippen molar-refractivity contribution in [3.05, 3.63) is 40.0 Å². The van der Waals surface area contributed by atoms with Gasteiger partial charge in [0.25, 0.3) is 5.89 Å². The number of halogens is 1. The third-order valence-corrected chi connectivity index (χ3v) is 3.37. The Morgan fingerprint density at radius 2 is 2.10 bits per heavy atom. The zero-order valence-corrected chi connectivity index (χ0v) is 13.2. The van der Waals surface area contributed by atoms with E-state index in [1.54, 1.807) is 0 Å². The molecule has 6 heteroatoms. The minimum atomic E-state index is 0.0711. The summed E-state index contributed by atoms with van der Waals surface area (Å²) in [5.41, 5.74) is 6.92. The van der Waals surface area contributed by atoms with Crippen molar-refractivity contribution in [2.75, 3.05) is 0 Å². The number of ether oxygens (including phenoxy) is 1. The molecule has 0 spiro atoms. The highest BCUT2D eigenvalue weighted by atomic mass is 79.9. The van der Waals surface area contributed by atoms with Crippen LogP contribution >= 0.6 is 15.9 Å². The molecule has 1 atom stereocenters. The lowest BCUT2D eigenvalue weighted by Gasteiger charge is -2.13. The van der Waals surface area contributed by atoms with E-state index in [9.17, 15) is 0 Å². The van der Waals surface area contributed by atoms with E-state index in [2.05, 4.69) is 26.1 Å². The number of aryl methyl sites for hydroxylation is 1. The quantitative estimate of drug-likeness (QED) is 0.875. The summed E-state index contributed by atoms with van der Waals surface area (Å²) in [6.07, 6.45) is 1.47. The van der Waals surface area contributed by atoms with Gasteiger partial charge in [0, 0.05) is 12.5 Å². The molecule has 2 aromatic rings. The Bertz CT molecular complexity index is 569. The highest BCUT2D eigenvalue weighted by molar-refractivity contribution is 9.10. The van der Waals surface area contributed by atoms with Gasteiger partial charge in [0.15, 0.2) is 6.61 Å². The van der Waals surface area contributed by atoms with E-state index in [0.29, 0.717) is 11.8 Å². The van der Waals surface area contributed by atoms with Gasteiger partial charge < -0.3 is 14.9 Å². The van der Waals surface area contributed by atoms with Gasteiger partial charge in [0.2, 0.25) is 5.89 Å². The number of para-hydroxylation sites is 1. The van der Waals surface area contributed by atoms with Crippen LogP contribution in [0.4, 0.5) is 0 Å². The van der Waals surface area contributed by atoms with Gasteiger partial charge in [-0.25, -0.2) is 0 Å². The SMILES string of the molecule is CCc1nnc(COc2c(Br)cccc2CC(C)N)o1. The summed E-state index contributed by atoms with van der Waals surface area (Å²) in [7, 11) is 0. The molecule has 2 rings (SSSR count). The molecule has 0 saturated carbocycles. The predicted octanol–water partition coefficient (Wildman–Crippen LogP) is 2.86. The second kappa shape index (κ2) is 6.85. The molecule has 0 radical (unpaired) electrons. The van der Waals surface area contributed by atoms with Crippen LogP contribution in [0.15, 0.2) is 27.1 Å². The van der Waals surface area contributed by atoms with E-state index in [1.807, 2.05) is 32.0 Å². The lowest BCUT2D eigenvalue weighted by atomic mass is 10.1. The first-order valence-electron chi connectivity index (χ1n) is 6.57. The van der Waals surface area contributed by atoms with Crippen LogP contribution < -0.4 is 10.5 Å². The zero-order chi connectivity index (χ0) is 14.5. The third kappa shape index (κ3) is 3.80. The average molecular weight is 340 g/mol. The summed E-state index contributed by atoms with van der Waals surface area (Å²) < 4.78 is 12.1. The highest BCUT2D eigenvalue weighted by Crippen LogP contribution is 2.30. The van der Waals surface area contributed by atoms with Crippen molar-refractivity contribution in [1.29, 1.82) is 0 Å². The van der Waals surface area contributed by atoms with E-state index >= 15 is 0 Å². The van der Waals surface area contributed by atoms with Crippen LogP contribution in [-0.4, -0.2) is 16.2 Å². The van der Waals surface area contributed by atoms with Gasteiger partial charge in [-0.2, -0.15) is 0 Å². The summed E-state index contributed by atoms with van der Waals surface area (Å²) >= 11 is 3.50. The average Bonchev–Trinajstić information content (AvgIpc) is 2.85. The standard InChI is InChI=1S/C14H18BrN3O2/c1-3-12-17-18-13(20-12)8-19-14-10(7-9(2)16)5-4-6-11(14)15/h4-6,9H,3,7-8,16H2,1-2H3. The lowest BCUT2D eigenvalue weighted by molar-refractivity contribution is 0.255. The molecular weight excluding hydrogens is 322 g/mol. The second-order valence-corrected chi connectivity index (χ2v) is 5.50. The van der Waals surface area contributed by atoms with Crippen LogP contribution in [0.3, 0.4) is 0 Å². The summed E-state index contributed by atoms with van der Waals surface area (Å²) in [6, 6.07) is 5.98. The normalized spacial score (nSPS) is 12.4. The predicted molar refractivity (Wildman–Crippen MR) is 79.5 cm³/mol. The first-order chi connectivity index (χ1) is 9.60. The smallest absolute Gasteiger partial charge is 0.253 e. The maximum Gasteiger partial charge on any atom is 0.253 e. The molecule has 0 saturated heterocycles. The van der Waals surface area contributed by atoms with Crippen molar-refractivity contribution in [3.63, 3.8) is 0 Å². The molecule has 0 amide bonds. The number of aromatic nitrogens is 2. The van der Waals surface area contributed by atoms with Crippen LogP contribution in [-0.2, 0) is 19.4 Å². The number of benzene rings is 1. The molecule has 1 unspecified atom stereocenters. The molecule has 20 heavy (non-hydrogen) atoms. The Morgan fingerprint density at radius 1 is 1.35 bits per heavy atom. The molecule has 0 aliphatic heterocycles. The Hall–Kier alpha value is -1.40. The summed E-state index contributed by atoms with van der Waals surface area (Å²) in [6.45, 7) is 4.18. The fourth-order valence-corrected chi connectivity index (χ4v) is 2.37. The van der Waals surface area contributed by atoms with Crippen LogP contribution in [0.5, 0.6) is 5.75 Å². The third-order valence-electron chi connectivity index (χ3n) is 2.74. The molecule has 1 aromatic carbocycles. The van der Waals surface area contributed by atoms with Crippen molar-refractivity contribution >= 4 is 15.9 Å². The molecule has 1 heterocycles. The molecular formula is C14H18BrN3O2. The van der Waals surface area contributed by atoms with Crippen LogP contribution in [0.2, 0.25) is 0 Å². The molecule has 0 aliphatic carbocycles. The fraction of sp³-hybridized carbons (Fsp3) is 0.429. The first kappa shape index (κ1) is 15.0. The van der Waals surface area contributed by atoms with Crippen molar-refractivity contribution < 1.29 is 9.15 Å². The monoisotopic (exact) mass is 339 g/mol. The van der Waals surface area contributed by atoms with Gasteiger partial charge in [-0.1, -0.05) is 19.1 Å². The summed E-state index contributed by atoms with van der Waals surface area (Å²) in [5.74, 6) is 1.87. The molecule has 2 N–H and O–H groups in total. The van der Waals surface area contributed by atoms with Gasteiger partial charge in [-0.15, -0.1) is 10.2 Å². The fourth-order valence-electron chi connectivity index (χ4n) is 1.85. The van der Waals surface area contributed by atoms with Crippen LogP contribution in [0, 0.1) is 0 Å². The Balaban J connectivity index is 2.11. The van der Waals surface area contributed by atoms with E-state index in [0.717, 1.165) is 28.6 Å². The Kier molecular flexibility index (Phi) is 5.14. The number of nitrogens with zero attached hydrogens (tertiary/aromatic N) is 2. The van der Waals surface area contributed by atoms with Gasteiger partial charge in [0.1, 0.15) is 5.75 Å². The van der Waals surface area contributed by atoms with Gasteiger partial charge in [-0.3, -0.25) is 0 Å². The molecule has 0 fully saturated rings. The number of nitrogens with two attached hydrogens (primary N) is 1. The molecule has 1 aromatic heterocycles. The largest absolute Gasteiger partial charge is 0.482 e. The topological polar surface area (TPSA) is 74.2 Å².